The van der Waals surface area contributed by atoms with Crippen LogP contribution >= 0.6 is 11.8 Å². The fourth-order valence-electron chi connectivity index (χ4n) is 2.52. The summed E-state index contributed by atoms with van der Waals surface area (Å²) in [6, 6.07) is 6.70. The van der Waals surface area contributed by atoms with Crippen molar-refractivity contribution >= 4 is 23.6 Å². The van der Waals surface area contributed by atoms with E-state index in [1.165, 1.54) is 0 Å². The van der Waals surface area contributed by atoms with E-state index in [1.807, 2.05) is 26.0 Å². The van der Waals surface area contributed by atoms with Gasteiger partial charge in [-0.25, -0.2) is 4.79 Å². The van der Waals surface area contributed by atoms with Gasteiger partial charge in [-0.1, -0.05) is 32.9 Å². The van der Waals surface area contributed by atoms with Crippen molar-refractivity contribution in [3.8, 4) is 0 Å². The Bertz CT molecular complexity index is 527. The van der Waals surface area contributed by atoms with Gasteiger partial charge in [-0.3, -0.25) is 4.79 Å². The molecular formula is C16H21NO3S. The number of aliphatic carboxylic acids is 1. The zero-order valence-corrected chi connectivity index (χ0v) is 13.4. The van der Waals surface area contributed by atoms with Gasteiger partial charge in [0, 0.05) is 11.3 Å². The molecule has 114 valence electrons. The average Bonchev–Trinajstić information content (AvgIpc) is 2.91. The third-order valence-corrected chi connectivity index (χ3v) is 5.35. The van der Waals surface area contributed by atoms with Gasteiger partial charge in [0.1, 0.15) is 6.04 Å². The Morgan fingerprint density at radius 2 is 1.95 bits per heavy atom. The van der Waals surface area contributed by atoms with Gasteiger partial charge in [0.05, 0.1) is 5.37 Å². The van der Waals surface area contributed by atoms with Crippen molar-refractivity contribution in [1.82, 2.24) is 4.90 Å². The number of carbonyl (C=O) groups excluding carboxylic acids is 1. The first-order chi connectivity index (χ1) is 9.95. The summed E-state index contributed by atoms with van der Waals surface area (Å²) >= 11 is 1.55. The maximum Gasteiger partial charge on any atom is 0.327 e. The molecule has 1 saturated heterocycles. The highest BCUT2D eigenvalue weighted by atomic mass is 32.2. The number of hydrogen-bond acceptors (Lipinski definition) is 3. The Labute approximate surface area is 129 Å². The van der Waals surface area contributed by atoms with E-state index in [4.69, 9.17) is 0 Å². The van der Waals surface area contributed by atoms with Crippen LogP contribution in [0.25, 0.3) is 0 Å². The highest BCUT2D eigenvalue weighted by Gasteiger charge is 2.43. The predicted octanol–water partition coefficient (Wildman–Crippen LogP) is 2.87. The second-order valence-electron chi connectivity index (χ2n) is 5.58. The van der Waals surface area contributed by atoms with Gasteiger partial charge in [0.2, 0.25) is 0 Å². The number of nitrogens with zero attached hydrogens (tertiary/aromatic N) is 1. The van der Waals surface area contributed by atoms with Crippen molar-refractivity contribution in [2.75, 3.05) is 5.75 Å². The smallest absolute Gasteiger partial charge is 0.327 e. The van der Waals surface area contributed by atoms with Crippen molar-refractivity contribution in [2.24, 2.45) is 5.92 Å². The van der Waals surface area contributed by atoms with Crippen LogP contribution in [0.1, 0.15) is 36.7 Å². The number of benzene rings is 1. The van der Waals surface area contributed by atoms with Crippen LogP contribution in [0.3, 0.4) is 0 Å². The first-order valence-electron chi connectivity index (χ1n) is 7.21. The van der Waals surface area contributed by atoms with Crippen molar-refractivity contribution in [2.45, 2.75) is 38.6 Å². The second kappa shape index (κ2) is 6.52. The normalized spacial score (nSPS) is 21.8. The van der Waals surface area contributed by atoms with Gasteiger partial charge in [0.25, 0.3) is 5.91 Å². The summed E-state index contributed by atoms with van der Waals surface area (Å²) in [5.41, 5.74) is 1.73. The molecular weight excluding hydrogens is 286 g/mol. The summed E-state index contributed by atoms with van der Waals surface area (Å²) in [5.74, 6) is -0.437. The van der Waals surface area contributed by atoms with E-state index in [-0.39, 0.29) is 17.2 Å². The fourth-order valence-corrected chi connectivity index (χ4v) is 3.99. The van der Waals surface area contributed by atoms with Crippen LogP contribution in [0.15, 0.2) is 24.3 Å². The lowest BCUT2D eigenvalue weighted by atomic mass is 10.1. The maximum atomic E-state index is 12.7. The first kappa shape index (κ1) is 15.9. The molecule has 5 heteroatoms. The Morgan fingerprint density at radius 1 is 1.33 bits per heavy atom. The third kappa shape index (κ3) is 3.23. The molecule has 4 nitrogen and oxygen atoms in total. The van der Waals surface area contributed by atoms with E-state index in [9.17, 15) is 14.7 Å². The number of carboxylic acids is 1. The number of rotatable bonds is 4. The van der Waals surface area contributed by atoms with Crippen molar-refractivity contribution in [1.29, 1.82) is 0 Å². The number of carbonyl (C=O) groups is 2. The SMILES string of the molecule is CCc1ccc(C(=O)N2C(C(=O)O)CSC2C(C)C)cc1. The molecule has 1 aliphatic rings. The van der Waals surface area contributed by atoms with Crippen LogP contribution in [0, 0.1) is 5.92 Å². The molecule has 0 spiro atoms. The van der Waals surface area contributed by atoms with Gasteiger partial charge >= 0.3 is 5.97 Å². The molecule has 0 bridgehead atoms. The highest BCUT2D eigenvalue weighted by Crippen LogP contribution is 2.35. The maximum absolute atomic E-state index is 12.7. The van der Waals surface area contributed by atoms with Gasteiger partial charge in [-0.05, 0) is 30.0 Å². The molecule has 1 N–H and O–H groups in total. The molecule has 1 aromatic rings. The van der Waals surface area contributed by atoms with Crippen LogP contribution in [-0.4, -0.2) is 39.1 Å². The largest absolute Gasteiger partial charge is 0.480 e. The lowest BCUT2D eigenvalue weighted by Crippen LogP contribution is -2.47. The van der Waals surface area contributed by atoms with Crippen LogP contribution in [0.2, 0.25) is 0 Å². The number of aryl methyl sites for hydroxylation is 1. The molecule has 21 heavy (non-hydrogen) atoms. The number of hydrogen-bond donors (Lipinski definition) is 1. The summed E-state index contributed by atoms with van der Waals surface area (Å²) in [7, 11) is 0. The monoisotopic (exact) mass is 307 g/mol. The lowest BCUT2D eigenvalue weighted by Gasteiger charge is -2.29. The molecule has 0 aromatic heterocycles. The zero-order valence-electron chi connectivity index (χ0n) is 12.6. The van der Waals surface area contributed by atoms with Crippen LogP contribution in [-0.2, 0) is 11.2 Å². The molecule has 0 aliphatic carbocycles. The van der Waals surface area contributed by atoms with Crippen LogP contribution in [0.4, 0.5) is 0 Å². The lowest BCUT2D eigenvalue weighted by molar-refractivity contribution is -0.141. The quantitative estimate of drug-likeness (QED) is 0.929. The number of thioether (sulfide) groups is 1. The average molecular weight is 307 g/mol. The highest BCUT2D eigenvalue weighted by molar-refractivity contribution is 8.00. The van der Waals surface area contributed by atoms with E-state index >= 15 is 0 Å². The van der Waals surface area contributed by atoms with Gasteiger partial charge in [-0.2, -0.15) is 0 Å². The van der Waals surface area contributed by atoms with E-state index in [0.29, 0.717) is 11.3 Å². The minimum Gasteiger partial charge on any atom is -0.480 e. The molecule has 1 amide bonds. The summed E-state index contributed by atoms with van der Waals surface area (Å²) in [6.07, 6.45) is 0.917. The Morgan fingerprint density at radius 3 is 2.43 bits per heavy atom. The van der Waals surface area contributed by atoms with Crippen molar-refractivity contribution in [3.05, 3.63) is 35.4 Å². The van der Waals surface area contributed by atoms with Crippen molar-refractivity contribution in [3.63, 3.8) is 0 Å². The summed E-state index contributed by atoms with van der Waals surface area (Å²) < 4.78 is 0. The van der Waals surface area contributed by atoms with E-state index in [0.717, 1.165) is 12.0 Å². The Kier molecular flexibility index (Phi) is 4.93. The summed E-state index contributed by atoms with van der Waals surface area (Å²) in [6.45, 7) is 6.09. The second-order valence-corrected chi connectivity index (χ2v) is 6.73. The topological polar surface area (TPSA) is 57.6 Å². The minimum absolute atomic E-state index is 0.0792. The van der Waals surface area contributed by atoms with Crippen LogP contribution in [0.5, 0.6) is 0 Å². The standard InChI is InChI=1S/C16H21NO3S/c1-4-11-5-7-12(8-6-11)14(18)17-13(16(19)20)9-21-15(17)10(2)3/h5-8,10,13,15H,4,9H2,1-3H3,(H,19,20). The molecule has 1 heterocycles. The minimum atomic E-state index is -0.927. The van der Waals surface area contributed by atoms with Crippen molar-refractivity contribution < 1.29 is 14.7 Å². The molecule has 1 aliphatic heterocycles. The fraction of sp³-hybridized carbons (Fsp3) is 0.500. The number of carboxylic acid groups (broad SMARTS) is 1. The van der Waals surface area contributed by atoms with Crippen LogP contribution < -0.4 is 0 Å². The predicted molar refractivity (Wildman–Crippen MR) is 84.5 cm³/mol. The summed E-state index contributed by atoms with van der Waals surface area (Å²) in [5, 5.41) is 9.27. The first-order valence-corrected chi connectivity index (χ1v) is 8.26. The van der Waals surface area contributed by atoms with Gasteiger partial charge < -0.3 is 10.0 Å². The molecule has 0 radical (unpaired) electrons. The van der Waals surface area contributed by atoms with Gasteiger partial charge in [0.15, 0.2) is 0 Å². The molecule has 1 aromatic carbocycles. The molecule has 2 rings (SSSR count). The summed E-state index contributed by atoms with van der Waals surface area (Å²) in [4.78, 5) is 25.7. The molecule has 1 fully saturated rings. The third-order valence-electron chi connectivity index (χ3n) is 3.73. The van der Waals surface area contributed by atoms with E-state index in [2.05, 4.69) is 6.92 Å². The van der Waals surface area contributed by atoms with E-state index in [1.54, 1.807) is 28.8 Å². The molecule has 2 unspecified atom stereocenters. The Balaban J connectivity index is 2.29. The zero-order chi connectivity index (χ0) is 15.6. The van der Waals surface area contributed by atoms with E-state index < -0.39 is 12.0 Å². The number of amides is 1. The molecule has 0 saturated carbocycles. The Hall–Kier alpha value is -1.49. The van der Waals surface area contributed by atoms with Gasteiger partial charge in [-0.15, -0.1) is 11.8 Å². The molecule has 2 atom stereocenters.